The normalized spacial score (nSPS) is 22.5. The van der Waals surface area contributed by atoms with Gasteiger partial charge in [0, 0.05) is 32.2 Å². The molecule has 2 aliphatic heterocycles. The van der Waals surface area contributed by atoms with E-state index in [1.54, 1.807) is 41.0 Å². The number of aryl methyl sites for hydroxylation is 1. The van der Waals surface area contributed by atoms with E-state index >= 15 is 0 Å². The second kappa shape index (κ2) is 7.73. The SMILES string of the molecule is Cc1cc(C2CC(C(=O)N3CCN(C(=O)c4ccco4)CC3)NN2)ccc1F. The third-order valence-electron chi connectivity index (χ3n) is 5.40. The molecule has 2 aromatic rings. The molecule has 4 rings (SSSR count). The number of rotatable bonds is 3. The molecule has 28 heavy (non-hydrogen) atoms. The van der Waals surface area contributed by atoms with E-state index in [1.165, 1.54) is 12.3 Å². The van der Waals surface area contributed by atoms with Crippen LogP contribution in [0.1, 0.15) is 34.1 Å². The summed E-state index contributed by atoms with van der Waals surface area (Å²) >= 11 is 0. The first-order valence-corrected chi connectivity index (χ1v) is 9.41. The highest BCUT2D eigenvalue weighted by Crippen LogP contribution is 2.25. The van der Waals surface area contributed by atoms with Crippen LogP contribution in [0.5, 0.6) is 0 Å². The van der Waals surface area contributed by atoms with Crippen molar-refractivity contribution in [1.29, 1.82) is 0 Å². The molecule has 2 amide bonds. The summed E-state index contributed by atoms with van der Waals surface area (Å²) in [6.45, 7) is 3.67. The third-order valence-corrected chi connectivity index (χ3v) is 5.40. The molecule has 1 aromatic heterocycles. The standard InChI is InChI=1S/C20H23FN4O3/c1-13-11-14(4-5-15(13)21)16-12-17(23-22-16)19(26)24-6-8-25(9-7-24)20(27)18-3-2-10-28-18/h2-5,10-11,16-17,22-23H,6-9,12H2,1H3. The van der Waals surface area contributed by atoms with Crippen LogP contribution in [0.4, 0.5) is 4.39 Å². The van der Waals surface area contributed by atoms with Gasteiger partial charge in [-0.25, -0.2) is 15.2 Å². The Hall–Kier alpha value is -2.71. The first-order valence-electron chi connectivity index (χ1n) is 9.41. The molecule has 3 heterocycles. The monoisotopic (exact) mass is 386 g/mol. The number of piperazine rings is 1. The molecule has 2 atom stereocenters. The van der Waals surface area contributed by atoms with Gasteiger partial charge in [0.25, 0.3) is 5.91 Å². The second-order valence-corrected chi connectivity index (χ2v) is 7.23. The Morgan fingerprint density at radius 3 is 2.54 bits per heavy atom. The van der Waals surface area contributed by atoms with Crippen LogP contribution in [0.25, 0.3) is 0 Å². The minimum Gasteiger partial charge on any atom is -0.459 e. The summed E-state index contributed by atoms with van der Waals surface area (Å²) in [5, 5.41) is 0. The first-order chi connectivity index (χ1) is 13.5. The van der Waals surface area contributed by atoms with Gasteiger partial charge in [-0.1, -0.05) is 12.1 Å². The van der Waals surface area contributed by atoms with Crippen LogP contribution >= 0.6 is 0 Å². The van der Waals surface area contributed by atoms with E-state index in [9.17, 15) is 14.0 Å². The Morgan fingerprint density at radius 1 is 1.11 bits per heavy atom. The highest BCUT2D eigenvalue weighted by Gasteiger charge is 2.35. The largest absolute Gasteiger partial charge is 0.459 e. The molecule has 0 aliphatic carbocycles. The zero-order valence-corrected chi connectivity index (χ0v) is 15.7. The zero-order valence-electron chi connectivity index (χ0n) is 15.7. The number of nitrogens with zero attached hydrogens (tertiary/aromatic N) is 2. The second-order valence-electron chi connectivity index (χ2n) is 7.23. The van der Waals surface area contributed by atoms with Crippen LogP contribution in [0, 0.1) is 12.7 Å². The number of carbonyl (C=O) groups is 2. The number of carbonyl (C=O) groups excluding carboxylic acids is 2. The van der Waals surface area contributed by atoms with E-state index in [0.29, 0.717) is 43.9 Å². The van der Waals surface area contributed by atoms with Crippen molar-refractivity contribution in [2.75, 3.05) is 26.2 Å². The van der Waals surface area contributed by atoms with Crippen LogP contribution in [0.2, 0.25) is 0 Å². The topological polar surface area (TPSA) is 77.8 Å². The van der Waals surface area contributed by atoms with Gasteiger partial charge in [-0.2, -0.15) is 0 Å². The van der Waals surface area contributed by atoms with Crippen molar-refractivity contribution in [3.8, 4) is 0 Å². The average Bonchev–Trinajstić information content (AvgIpc) is 3.41. The van der Waals surface area contributed by atoms with E-state index < -0.39 is 0 Å². The Balaban J connectivity index is 1.32. The fourth-order valence-corrected chi connectivity index (χ4v) is 3.73. The predicted octanol–water partition coefficient (Wildman–Crippen LogP) is 1.62. The van der Waals surface area contributed by atoms with Gasteiger partial charge in [-0.3, -0.25) is 9.59 Å². The van der Waals surface area contributed by atoms with Gasteiger partial charge >= 0.3 is 0 Å². The molecule has 1 aromatic carbocycles. The summed E-state index contributed by atoms with van der Waals surface area (Å²) in [7, 11) is 0. The van der Waals surface area contributed by atoms with E-state index in [0.717, 1.165) is 5.56 Å². The van der Waals surface area contributed by atoms with Crippen molar-refractivity contribution in [1.82, 2.24) is 20.7 Å². The molecule has 0 radical (unpaired) electrons. The van der Waals surface area contributed by atoms with Gasteiger partial charge in [0.2, 0.25) is 5.91 Å². The summed E-state index contributed by atoms with van der Waals surface area (Å²) in [4.78, 5) is 28.7. The fourth-order valence-electron chi connectivity index (χ4n) is 3.73. The minimum atomic E-state index is -0.345. The number of hydrogen-bond donors (Lipinski definition) is 2. The molecule has 8 heteroatoms. The predicted molar refractivity (Wildman–Crippen MR) is 99.7 cm³/mol. The maximum absolute atomic E-state index is 13.5. The van der Waals surface area contributed by atoms with Crippen molar-refractivity contribution in [2.24, 2.45) is 0 Å². The molecule has 0 saturated carbocycles. The number of halogens is 1. The highest BCUT2D eigenvalue weighted by molar-refractivity contribution is 5.91. The van der Waals surface area contributed by atoms with Crippen LogP contribution in [0.15, 0.2) is 41.0 Å². The molecule has 2 N–H and O–H groups in total. The first kappa shape index (κ1) is 18.6. The Morgan fingerprint density at radius 2 is 1.86 bits per heavy atom. The number of nitrogens with one attached hydrogen (secondary N) is 2. The molecule has 2 fully saturated rings. The van der Waals surface area contributed by atoms with Crippen LogP contribution < -0.4 is 10.9 Å². The van der Waals surface area contributed by atoms with Gasteiger partial charge in [-0.15, -0.1) is 0 Å². The lowest BCUT2D eigenvalue weighted by atomic mass is 9.99. The molecule has 7 nitrogen and oxygen atoms in total. The van der Waals surface area contributed by atoms with Crippen LogP contribution in [0.3, 0.4) is 0 Å². The van der Waals surface area contributed by atoms with Crippen LogP contribution in [-0.4, -0.2) is 53.8 Å². The summed E-state index contributed by atoms with van der Waals surface area (Å²) in [5.41, 5.74) is 7.74. The lowest BCUT2D eigenvalue weighted by molar-refractivity contribution is -0.134. The van der Waals surface area contributed by atoms with Gasteiger partial charge in [0.1, 0.15) is 11.9 Å². The number of amides is 2. The molecule has 0 spiro atoms. The van der Waals surface area contributed by atoms with Crippen molar-refractivity contribution < 1.29 is 18.4 Å². The summed E-state index contributed by atoms with van der Waals surface area (Å²) < 4.78 is 18.6. The van der Waals surface area contributed by atoms with Gasteiger partial charge in [0.15, 0.2) is 5.76 Å². The van der Waals surface area contributed by atoms with E-state index in [-0.39, 0.29) is 29.7 Å². The maximum Gasteiger partial charge on any atom is 0.289 e. The molecular formula is C20H23FN4O3. The molecular weight excluding hydrogens is 363 g/mol. The van der Waals surface area contributed by atoms with Crippen molar-refractivity contribution in [3.05, 3.63) is 59.3 Å². The smallest absolute Gasteiger partial charge is 0.289 e. The Bertz CT molecular complexity index is 862. The quantitative estimate of drug-likeness (QED) is 0.838. The molecule has 2 saturated heterocycles. The molecule has 148 valence electrons. The van der Waals surface area contributed by atoms with E-state index in [2.05, 4.69) is 10.9 Å². The van der Waals surface area contributed by atoms with Crippen molar-refractivity contribution in [3.63, 3.8) is 0 Å². The summed E-state index contributed by atoms with van der Waals surface area (Å²) in [6, 6.07) is 7.94. The highest BCUT2D eigenvalue weighted by atomic mass is 19.1. The summed E-state index contributed by atoms with van der Waals surface area (Å²) in [5.74, 6) is -0.0494. The maximum atomic E-state index is 13.5. The average molecular weight is 386 g/mol. The number of benzene rings is 1. The van der Waals surface area contributed by atoms with Crippen molar-refractivity contribution in [2.45, 2.75) is 25.4 Å². The third kappa shape index (κ3) is 3.65. The van der Waals surface area contributed by atoms with E-state index in [4.69, 9.17) is 4.42 Å². The number of hydrazine groups is 1. The minimum absolute atomic E-state index is 0.0129. The number of hydrogen-bond acceptors (Lipinski definition) is 5. The summed E-state index contributed by atoms with van der Waals surface area (Å²) in [6.07, 6.45) is 2.07. The molecule has 2 unspecified atom stereocenters. The Kier molecular flexibility index (Phi) is 5.15. The lowest BCUT2D eigenvalue weighted by Crippen LogP contribution is -2.54. The molecule has 2 aliphatic rings. The van der Waals surface area contributed by atoms with Gasteiger partial charge in [0.05, 0.1) is 6.26 Å². The zero-order chi connectivity index (χ0) is 19.7. The fraction of sp³-hybridized carbons (Fsp3) is 0.400. The van der Waals surface area contributed by atoms with E-state index in [1.807, 2.05) is 0 Å². The van der Waals surface area contributed by atoms with Gasteiger partial charge < -0.3 is 14.2 Å². The number of furan rings is 1. The molecule has 0 bridgehead atoms. The Labute approximate surface area is 162 Å². The lowest BCUT2D eigenvalue weighted by Gasteiger charge is -2.35. The van der Waals surface area contributed by atoms with Crippen LogP contribution in [-0.2, 0) is 4.79 Å². The van der Waals surface area contributed by atoms with Crippen molar-refractivity contribution >= 4 is 11.8 Å². The van der Waals surface area contributed by atoms with Gasteiger partial charge in [-0.05, 0) is 42.7 Å².